The molecular formula is C15H19ClN4O2. The van der Waals surface area contributed by atoms with Crippen molar-refractivity contribution in [1.82, 2.24) is 9.55 Å². The van der Waals surface area contributed by atoms with Gasteiger partial charge in [0.05, 0.1) is 0 Å². The number of benzene rings is 1. The summed E-state index contributed by atoms with van der Waals surface area (Å²) < 4.78 is 1.09. The average molecular weight is 323 g/mol. The molecule has 0 fully saturated rings. The van der Waals surface area contributed by atoms with Crippen molar-refractivity contribution in [1.29, 1.82) is 0 Å². The van der Waals surface area contributed by atoms with Crippen LogP contribution < -0.4 is 22.3 Å². The predicted octanol–water partition coefficient (Wildman–Crippen LogP) is 1.15. The number of nitrogens with two attached hydrogens (primary N) is 1. The normalized spacial score (nSPS) is 12.6. The number of aromatic amines is 1. The van der Waals surface area contributed by atoms with Gasteiger partial charge in [-0.15, -0.1) is 12.4 Å². The smallest absolute Gasteiger partial charge is 0.329 e. The summed E-state index contributed by atoms with van der Waals surface area (Å²) in [6.07, 6.45) is 3.39. The lowest BCUT2D eigenvalue weighted by Crippen LogP contribution is -2.36. The minimum atomic E-state index is -0.448. The molecule has 0 aliphatic heterocycles. The van der Waals surface area contributed by atoms with Crippen LogP contribution in [0.25, 0.3) is 0 Å². The first-order chi connectivity index (χ1) is 10.2. The van der Waals surface area contributed by atoms with Crippen molar-refractivity contribution in [3.63, 3.8) is 0 Å². The highest BCUT2D eigenvalue weighted by molar-refractivity contribution is 5.85. The maximum atomic E-state index is 11.9. The fourth-order valence-electron chi connectivity index (χ4n) is 2.73. The number of anilines is 2. The monoisotopic (exact) mass is 322 g/mol. The van der Waals surface area contributed by atoms with Gasteiger partial charge in [-0.3, -0.25) is 14.3 Å². The number of aryl methyl sites for hydroxylation is 2. The Balaban J connectivity index is 0.00000176. The quantitative estimate of drug-likeness (QED) is 0.787. The summed E-state index contributed by atoms with van der Waals surface area (Å²) in [7, 11) is 0. The van der Waals surface area contributed by atoms with Crippen molar-refractivity contribution in [2.45, 2.75) is 25.8 Å². The zero-order valence-electron chi connectivity index (χ0n) is 12.1. The van der Waals surface area contributed by atoms with E-state index in [0.717, 1.165) is 23.1 Å². The molecule has 3 rings (SSSR count). The molecule has 22 heavy (non-hydrogen) atoms. The summed E-state index contributed by atoms with van der Waals surface area (Å²) in [6, 6.07) is 7.52. The van der Waals surface area contributed by atoms with Gasteiger partial charge in [-0.2, -0.15) is 0 Å². The van der Waals surface area contributed by atoms with Gasteiger partial charge >= 0.3 is 5.69 Å². The largest absolute Gasteiger partial charge is 0.342 e. The molecule has 1 aliphatic rings. The van der Waals surface area contributed by atoms with Crippen LogP contribution in [-0.4, -0.2) is 16.1 Å². The minimum absolute atomic E-state index is 0. The zero-order valence-corrected chi connectivity index (χ0v) is 12.9. The molecule has 0 saturated carbocycles. The topological polar surface area (TPSA) is 92.9 Å². The van der Waals surface area contributed by atoms with Gasteiger partial charge in [-0.05, 0) is 42.5 Å². The van der Waals surface area contributed by atoms with E-state index in [2.05, 4.69) is 22.4 Å². The summed E-state index contributed by atoms with van der Waals surface area (Å²) in [5, 5.41) is 3.08. The first kappa shape index (κ1) is 16.3. The lowest BCUT2D eigenvalue weighted by molar-refractivity contribution is 0.639. The van der Waals surface area contributed by atoms with Gasteiger partial charge in [0.2, 0.25) is 0 Å². The Kier molecular flexibility index (Phi) is 5.05. The van der Waals surface area contributed by atoms with Gasteiger partial charge in [-0.1, -0.05) is 6.07 Å². The maximum Gasteiger partial charge on any atom is 0.329 e. The molecule has 0 saturated heterocycles. The van der Waals surface area contributed by atoms with Crippen LogP contribution >= 0.6 is 12.4 Å². The van der Waals surface area contributed by atoms with Crippen LogP contribution in [0.2, 0.25) is 0 Å². The Labute approximate surface area is 133 Å². The molecular weight excluding hydrogens is 304 g/mol. The van der Waals surface area contributed by atoms with E-state index in [-0.39, 0.29) is 31.1 Å². The van der Waals surface area contributed by atoms with Gasteiger partial charge < -0.3 is 11.1 Å². The molecule has 0 atom stereocenters. The molecule has 2 aromatic rings. The summed E-state index contributed by atoms with van der Waals surface area (Å²) in [5.74, 6) is 0.399. The van der Waals surface area contributed by atoms with E-state index >= 15 is 0 Å². The number of nitrogens with one attached hydrogen (secondary N) is 2. The van der Waals surface area contributed by atoms with E-state index < -0.39 is 5.69 Å². The predicted molar refractivity (Wildman–Crippen MR) is 89.4 cm³/mol. The highest BCUT2D eigenvalue weighted by Crippen LogP contribution is 2.25. The van der Waals surface area contributed by atoms with E-state index in [0.29, 0.717) is 5.82 Å². The van der Waals surface area contributed by atoms with E-state index in [1.54, 1.807) is 0 Å². The lowest BCUT2D eigenvalue weighted by atomic mass is 10.1. The molecule has 0 bridgehead atoms. The van der Waals surface area contributed by atoms with E-state index in [4.69, 9.17) is 5.73 Å². The number of hydrogen-bond donors (Lipinski definition) is 3. The van der Waals surface area contributed by atoms with Crippen molar-refractivity contribution < 1.29 is 0 Å². The molecule has 118 valence electrons. The molecule has 0 spiro atoms. The molecule has 4 N–H and O–H groups in total. The van der Waals surface area contributed by atoms with E-state index in [1.807, 2.05) is 6.07 Å². The number of H-pyrrole nitrogens is 1. The first-order valence-corrected chi connectivity index (χ1v) is 7.10. The number of nitrogens with zero attached hydrogens (tertiary/aromatic N) is 1. The second-order valence-corrected chi connectivity index (χ2v) is 5.23. The average Bonchev–Trinajstić information content (AvgIpc) is 2.90. The standard InChI is InChI=1S/C15H18N4O2.ClH/c16-6-7-19-14(20)9-13(18-15(19)21)17-12-5-4-10-2-1-3-11(10)8-12;/h4-5,8-9,17H,1-3,6-7,16H2,(H,18,21);1H. The molecule has 1 aromatic heterocycles. The van der Waals surface area contributed by atoms with Crippen LogP contribution in [-0.2, 0) is 19.4 Å². The van der Waals surface area contributed by atoms with Crippen LogP contribution in [0.15, 0.2) is 33.9 Å². The maximum absolute atomic E-state index is 11.9. The van der Waals surface area contributed by atoms with Crippen LogP contribution in [0.4, 0.5) is 11.5 Å². The SMILES string of the molecule is Cl.NCCn1c(=O)cc(Nc2ccc3c(c2)CCC3)[nH]c1=O. The van der Waals surface area contributed by atoms with Crippen LogP contribution in [0.5, 0.6) is 0 Å². The number of halogens is 1. The third kappa shape index (κ3) is 3.23. The molecule has 1 aliphatic carbocycles. The van der Waals surface area contributed by atoms with Gasteiger partial charge in [0.1, 0.15) is 5.82 Å². The fourth-order valence-corrected chi connectivity index (χ4v) is 2.73. The van der Waals surface area contributed by atoms with Crippen molar-refractivity contribution in [3.8, 4) is 0 Å². The van der Waals surface area contributed by atoms with Crippen molar-refractivity contribution in [3.05, 3.63) is 56.2 Å². The minimum Gasteiger partial charge on any atom is -0.342 e. The Hall–Kier alpha value is -2.05. The zero-order chi connectivity index (χ0) is 14.8. The molecule has 6 nitrogen and oxygen atoms in total. The van der Waals surface area contributed by atoms with E-state index in [1.165, 1.54) is 23.6 Å². The van der Waals surface area contributed by atoms with Crippen molar-refractivity contribution in [2.24, 2.45) is 5.73 Å². The van der Waals surface area contributed by atoms with Crippen molar-refractivity contribution >= 4 is 23.9 Å². The summed E-state index contributed by atoms with van der Waals surface area (Å²) in [4.78, 5) is 26.4. The Morgan fingerprint density at radius 2 is 1.95 bits per heavy atom. The first-order valence-electron chi connectivity index (χ1n) is 7.10. The molecule has 7 heteroatoms. The highest BCUT2D eigenvalue weighted by atomic mass is 35.5. The third-order valence-corrected chi connectivity index (χ3v) is 3.75. The number of aromatic nitrogens is 2. The summed E-state index contributed by atoms with van der Waals surface area (Å²) >= 11 is 0. The molecule has 1 heterocycles. The van der Waals surface area contributed by atoms with Crippen LogP contribution in [0, 0.1) is 0 Å². The second-order valence-electron chi connectivity index (χ2n) is 5.23. The van der Waals surface area contributed by atoms with Gasteiger partial charge in [0.15, 0.2) is 0 Å². The van der Waals surface area contributed by atoms with E-state index in [9.17, 15) is 9.59 Å². The summed E-state index contributed by atoms with van der Waals surface area (Å²) in [5.41, 5.74) is 8.17. The molecule has 0 unspecified atom stereocenters. The van der Waals surface area contributed by atoms with Crippen LogP contribution in [0.3, 0.4) is 0 Å². The third-order valence-electron chi connectivity index (χ3n) is 3.75. The van der Waals surface area contributed by atoms with Gasteiger partial charge in [-0.25, -0.2) is 4.79 Å². The van der Waals surface area contributed by atoms with Gasteiger partial charge in [0.25, 0.3) is 5.56 Å². The second kappa shape index (κ2) is 6.81. The Morgan fingerprint density at radius 3 is 2.68 bits per heavy atom. The molecule has 0 amide bonds. The fraction of sp³-hybridized carbons (Fsp3) is 0.333. The molecule has 0 radical (unpaired) electrons. The lowest BCUT2D eigenvalue weighted by Gasteiger charge is -2.09. The summed E-state index contributed by atoms with van der Waals surface area (Å²) in [6.45, 7) is 0.466. The Bertz CT molecular complexity index is 751. The number of fused-ring (bicyclic) bond motifs is 1. The highest BCUT2D eigenvalue weighted by Gasteiger charge is 2.11. The Morgan fingerprint density at radius 1 is 1.18 bits per heavy atom. The van der Waals surface area contributed by atoms with Gasteiger partial charge in [0, 0.05) is 24.8 Å². The number of hydrogen-bond acceptors (Lipinski definition) is 4. The number of rotatable bonds is 4. The van der Waals surface area contributed by atoms with Crippen molar-refractivity contribution in [2.75, 3.05) is 11.9 Å². The van der Waals surface area contributed by atoms with Crippen LogP contribution in [0.1, 0.15) is 17.5 Å². The molecule has 1 aromatic carbocycles.